The van der Waals surface area contributed by atoms with Crippen molar-refractivity contribution < 1.29 is 15.0 Å². The largest absolute Gasteiger partial charge is 0.480 e. The van der Waals surface area contributed by atoms with Gasteiger partial charge in [0.25, 0.3) is 0 Å². The summed E-state index contributed by atoms with van der Waals surface area (Å²) in [5, 5.41) is 18.2. The van der Waals surface area contributed by atoms with Gasteiger partial charge in [0.15, 0.2) is 0 Å². The predicted molar refractivity (Wildman–Crippen MR) is 61.2 cm³/mol. The van der Waals surface area contributed by atoms with Crippen molar-refractivity contribution in [3.05, 3.63) is 35.4 Å². The lowest BCUT2D eigenvalue weighted by Crippen LogP contribution is -2.37. The molecule has 0 aromatic heterocycles. The summed E-state index contributed by atoms with van der Waals surface area (Å²) in [5.74, 6) is -0.849. The van der Waals surface area contributed by atoms with Crippen molar-refractivity contribution >= 4 is 5.97 Å². The summed E-state index contributed by atoms with van der Waals surface area (Å²) in [6.45, 7) is -0.0596. The molecule has 0 unspecified atom stereocenters. The molecule has 88 valence electrons. The van der Waals surface area contributed by atoms with E-state index in [4.69, 9.17) is 10.2 Å². The van der Waals surface area contributed by atoms with Gasteiger partial charge in [-0.2, -0.15) is 0 Å². The molecule has 0 amide bonds. The first kappa shape index (κ1) is 12.7. The van der Waals surface area contributed by atoms with Gasteiger partial charge in [-0.05, 0) is 31.6 Å². The Hall–Kier alpha value is -1.39. The number of carboxylic acids is 1. The Labute approximate surface area is 95.1 Å². The van der Waals surface area contributed by atoms with Crippen LogP contribution in [0.25, 0.3) is 0 Å². The minimum Gasteiger partial charge on any atom is -0.480 e. The van der Waals surface area contributed by atoms with E-state index in [0.717, 1.165) is 11.1 Å². The lowest BCUT2D eigenvalue weighted by molar-refractivity contribution is -0.142. The van der Waals surface area contributed by atoms with E-state index >= 15 is 0 Å². The predicted octanol–water partition coefficient (Wildman–Crippen LogP) is 0.736. The van der Waals surface area contributed by atoms with Crippen LogP contribution in [0.1, 0.15) is 11.1 Å². The maximum Gasteiger partial charge on any atom is 0.321 e. The molecule has 0 bridgehead atoms. The van der Waals surface area contributed by atoms with Gasteiger partial charge in [0.05, 0.1) is 6.61 Å². The molecule has 0 saturated heterocycles. The molecule has 0 spiro atoms. The van der Waals surface area contributed by atoms with Crippen LogP contribution in [0.4, 0.5) is 0 Å². The molecule has 0 heterocycles. The summed E-state index contributed by atoms with van der Waals surface area (Å²) in [6, 6.07) is 6.78. The maximum atomic E-state index is 11.0. The summed E-state index contributed by atoms with van der Waals surface area (Å²) >= 11 is 0. The number of rotatable bonds is 5. The van der Waals surface area contributed by atoms with Gasteiger partial charge in [0.2, 0.25) is 0 Å². The molecule has 2 N–H and O–H groups in total. The smallest absolute Gasteiger partial charge is 0.321 e. The standard InChI is InChI=1S/C12H17NO3/c1-13(2)11(12(15)16)7-9-5-3-4-6-10(9)8-14/h3-6,11,14H,7-8H2,1-2H3,(H,15,16)/t11-/m0/s1. The molecule has 0 aliphatic heterocycles. The van der Waals surface area contributed by atoms with Gasteiger partial charge in [0.1, 0.15) is 6.04 Å². The molecule has 4 nitrogen and oxygen atoms in total. The first-order valence-electron chi connectivity index (χ1n) is 5.13. The Balaban J connectivity index is 2.89. The van der Waals surface area contributed by atoms with Crippen LogP contribution < -0.4 is 0 Å². The van der Waals surface area contributed by atoms with Crippen molar-refractivity contribution in [2.45, 2.75) is 19.1 Å². The fourth-order valence-corrected chi connectivity index (χ4v) is 1.61. The molecule has 0 fully saturated rings. The van der Waals surface area contributed by atoms with Crippen molar-refractivity contribution in [2.75, 3.05) is 14.1 Å². The van der Waals surface area contributed by atoms with E-state index in [0.29, 0.717) is 6.42 Å². The zero-order valence-electron chi connectivity index (χ0n) is 9.55. The average Bonchev–Trinajstić information content (AvgIpc) is 2.25. The highest BCUT2D eigenvalue weighted by molar-refractivity contribution is 5.73. The summed E-state index contributed by atoms with van der Waals surface area (Å²) in [4.78, 5) is 12.7. The monoisotopic (exact) mass is 223 g/mol. The molecule has 1 rings (SSSR count). The maximum absolute atomic E-state index is 11.0. The number of aliphatic hydroxyl groups excluding tert-OH is 1. The van der Waals surface area contributed by atoms with Crippen LogP contribution in [0.3, 0.4) is 0 Å². The Morgan fingerprint density at radius 1 is 1.31 bits per heavy atom. The molecule has 0 saturated carbocycles. The number of carboxylic acid groups (broad SMARTS) is 1. The van der Waals surface area contributed by atoms with Gasteiger partial charge >= 0.3 is 5.97 Å². The van der Waals surface area contributed by atoms with E-state index in [2.05, 4.69) is 0 Å². The number of benzene rings is 1. The molecule has 16 heavy (non-hydrogen) atoms. The third-order valence-electron chi connectivity index (χ3n) is 2.61. The molecule has 1 aromatic carbocycles. The Morgan fingerprint density at radius 3 is 2.31 bits per heavy atom. The molecule has 4 heteroatoms. The Kier molecular flexibility index (Phi) is 4.46. The van der Waals surface area contributed by atoms with Crippen LogP contribution in [0, 0.1) is 0 Å². The summed E-state index contributed by atoms with van der Waals surface area (Å²) in [6.07, 6.45) is 0.402. The Bertz CT molecular complexity index is 363. The van der Waals surface area contributed by atoms with Gasteiger partial charge in [-0.25, -0.2) is 0 Å². The van der Waals surface area contributed by atoms with Crippen LogP contribution in [-0.4, -0.2) is 41.2 Å². The Morgan fingerprint density at radius 2 is 1.88 bits per heavy atom. The highest BCUT2D eigenvalue weighted by Crippen LogP contribution is 2.13. The third-order valence-corrected chi connectivity index (χ3v) is 2.61. The molecule has 0 aliphatic rings. The second-order valence-corrected chi connectivity index (χ2v) is 3.95. The second kappa shape index (κ2) is 5.63. The zero-order chi connectivity index (χ0) is 12.1. The highest BCUT2D eigenvalue weighted by Gasteiger charge is 2.21. The number of nitrogens with zero attached hydrogens (tertiary/aromatic N) is 1. The molecule has 0 radical (unpaired) electrons. The van der Waals surface area contributed by atoms with Gasteiger partial charge in [-0.1, -0.05) is 24.3 Å². The van der Waals surface area contributed by atoms with Crippen LogP contribution in [0.5, 0.6) is 0 Å². The van der Waals surface area contributed by atoms with Crippen LogP contribution in [0.2, 0.25) is 0 Å². The third kappa shape index (κ3) is 3.05. The van der Waals surface area contributed by atoms with E-state index in [1.54, 1.807) is 19.0 Å². The number of hydrogen-bond donors (Lipinski definition) is 2. The molecular weight excluding hydrogens is 206 g/mol. The fraction of sp³-hybridized carbons (Fsp3) is 0.417. The van der Waals surface area contributed by atoms with Crippen molar-refractivity contribution in [3.8, 4) is 0 Å². The van der Waals surface area contributed by atoms with Crippen molar-refractivity contribution in [3.63, 3.8) is 0 Å². The van der Waals surface area contributed by atoms with E-state index in [1.807, 2.05) is 24.3 Å². The van der Waals surface area contributed by atoms with Crippen LogP contribution in [0.15, 0.2) is 24.3 Å². The summed E-state index contributed by atoms with van der Waals surface area (Å²) in [5.41, 5.74) is 1.67. The average molecular weight is 223 g/mol. The first-order chi connectivity index (χ1) is 7.56. The number of carbonyl (C=O) groups is 1. The van der Waals surface area contributed by atoms with Crippen molar-refractivity contribution in [2.24, 2.45) is 0 Å². The zero-order valence-corrected chi connectivity index (χ0v) is 9.55. The molecular formula is C12H17NO3. The van der Waals surface area contributed by atoms with Crippen molar-refractivity contribution in [1.29, 1.82) is 0 Å². The van der Waals surface area contributed by atoms with E-state index in [9.17, 15) is 4.79 Å². The van der Waals surface area contributed by atoms with Crippen molar-refractivity contribution in [1.82, 2.24) is 4.90 Å². The van der Waals surface area contributed by atoms with E-state index in [-0.39, 0.29) is 6.61 Å². The van der Waals surface area contributed by atoms with Crippen LogP contribution >= 0.6 is 0 Å². The highest BCUT2D eigenvalue weighted by atomic mass is 16.4. The quantitative estimate of drug-likeness (QED) is 0.772. The van der Waals surface area contributed by atoms with Gasteiger partial charge in [0, 0.05) is 0 Å². The second-order valence-electron chi connectivity index (χ2n) is 3.95. The minimum atomic E-state index is -0.849. The lowest BCUT2D eigenvalue weighted by Gasteiger charge is -2.21. The summed E-state index contributed by atoms with van der Waals surface area (Å²) in [7, 11) is 3.47. The van der Waals surface area contributed by atoms with Gasteiger partial charge in [-0.15, -0.1) is 0 Å². The first-order valence-corrected chi connectivity index (χ1v) is 5.13. The lowest BCUT2D eigenvalue weighted by atomic mass is 10.00. The topological polar surface area (TPSA) is 60.8 Å². The SMILES string of the molecule is CN(C)[C@@H](Cc1ccccc1CO)C(=O)O. The van der Waals surface area contributed by atoms with Crippen LogP contribution in [-0.2, 0) is 17.8 Å². The van der Waals surface area contributed by atoms with Gasteiger partial charge < -0.3 is 10.2 Å². The molecule has 0 aliphatic carbocycles. The number of hydrogen-bond acceptors (Lipinski definition) is 3. The number of aliphatic carboxylic acids is 1. The number of likely N-dealkylation sites (N-methyl/N-ethyl adjacent to an activating group) is 1. The normalized spacial score (nSPS) is 12.8. The number of aliphatic hydroxyl groups is 1. The summed E-state index contributed by atoms with van der Waals surface area (Å²) < 4.78 is 0. The fourth-order valence-electron chi connectivity index (χ4n) is 1.61. The molecule has 1 atom stereocenters. The minimum absolute atomic E-state index is 0.0596. The van der Waals surface area contributed by atoms with E-state index < -0.39 is 12.0 Å². The molecule has 1 aromatic rings. The van der Waals surface area contributed by atoms with E-state index in [1.165, 1.54) is 0 Å². The van der Waals surface area contributed by atoms with Gasteiger partial charge in [-0.3, -0.25) is 9.69 Å².